The molecule has 0 unspecified atom stereocenters. The fourth-order valence-corrected chi connectivity index (χ4v) is 2.37. The molecule has 0 fully saturated rings. The second-order valence-electron chi connectivity index (χ2n) is 3.83. The summed E-state index contributed by atoms with van der Waals surface area (Å²) in [4.78, 5) is 0.0165. The van der Waals surface area contributed by atoms with E-state index in [1.54, 1.807) is 24.3 Å². The SMILES string of the molecule is O=S(=O)(Cl)c1cccc(OCc2ccc(Cl)cc2)c1. The van der Waals surface area contributed by atoms with Gasteiger partial charge >= 0.3 is 0 Å². The summed E-state index contributed by atoms with van der Waals surface area (Å²) < 4.78 is 27.9. The fourth-order valence-electron chi connectivity index (χ4n) is 1.46. The van der Waals surface area contributed by atoms with Gasteiger partial charge in [0.1, 0.15) is 12.4 Å². The monoisotopic (exact) mass is 316 g/mol. The van der Waals surface area contributed by atoms with Crippen molar-refractivity contribution in [3.05, 3.63) is 59.1 Å². The van der Waals surface area contributed by atoms with Gasteiger partial charge in [-0.2, -0.15) is 0 Å². The molecule has 0 aliphatic heterocycles. The third kappa shape index (κ3) is 4.13. The topological polar surface area (TPSA) is 43.4 Å². The van der Waals surface area contributed by atoms with Gasteiger partial charge in [0, 0.05) is 21.8 Å². The van der Waals surface area contributed by atoms with Crippen LogP contribution in [-0.2, 0) is 15.7 Å². The molecule has 0 saturated heterocycles. The Labute approximate surface area is 121 Å². The molecule has 2 rings (SSSR count). The predicted octanol–water partition coefficient (Wildman–Crippen LogP) is 3.85. The van der Waals surface area contributed by atoms with Crippen molar-refractivity contribution in [3.8, 4) is 5.75 Å². The lowest BCUT2D eigenvalue weighted by Gasteiger charge is -2.07. The zero-order valence-electron chi connectivity index (χ0n) is 9.71. The van der Waals surface area contributed by atoms with E-state index in [9.17, 15) is 8.42 Å². The number of benzene rings is 2. The minimum atomic E-state index is -3.74. The van der Waals surface area contributed by atoms with Gasteiger partial charge in [0.05, 0.1) is 4.90 Å². The van der Waals surface area contributed by atoms with Crippen LogP contribution < -0.4 is 4.74 Å². The summed E-state index contributed by atoms with van der Waals surface area (Å²) in [6.07, 6.45) is 0. The van der Waals surface area contributed by atoms with E-state index in [0.29, 0.717) is 17.4 Å². The first kappa shape index (κ1) is 14.2. The summed E-state index contributed by atoms with van der Waals surface area (Å²) in [6, 6.07) is 13.2. The number of rotatable bonds is 4. The maximum Gasteiger partial charge on any atom is 0.261 e. The van der Waals surface area contributed by atoms with E-state index in [4.69, 9.17) is 27.0 Å². The molecule has 100 valence electrons. The van der Waals surface area contributed by atoms with E-state index in [1.807, 2.05) is 12.1 Å². The quantitative estimate of drug-likeness (QED) is 0.805. The average molecular weight is 317 g/mol. The highest BCUT2D eigenvalue weighted by atomic mass is 35.7. The molecular formula is C13H10Cl2O3S. The van der Waals surface area contributed by atoms with Crippen molar-refractivity contribution in [1.82, 2.24) is 0 Å². The molecule has 2 aromatic carbocycles. The first-order valence-electron chi connectivity index (χ1n) is 5.37. The van der Waals surface area contributed by atoms with E-state index >= 15 is 0 Å². The van der Waals surface area contributed by atoms with Crippen LogP contribution in [0, 0.1) is 0 Å². The van der Waals surface area contributed by atoms with E-state index in [0.717, 1.165) is 5.56 Å². The summed E-state index contributed by atoms with van der Waals surface area (Å²) in [5.74, 6) is 0.441. The summed E-state index contributed by atoms with van der Waals surface area (Å²) in [6.45, 7) is 0.322. The molecule has 6 heteroatoms. The summed E-state index contributed by atoms with van der Waals surface area (Å²) in [7, 11) is 1.53. The van der Waals surface area contributed by atoms with E-state index in [1.165, 1.54) is 12.1 Å². The Bertz CT molecular complexity index is 667. The second kappa shape index (κ2) is 5.82. The number of hydrogen-bond donors (Lipinski definition) is 0. The minimum absolute atomic E-state index is 0.0165. The van der Waals surface area contributed by atoms with Gasteiger partial charge in [0.15, 0.2) is 0 Å². The minimum Gasteiger partial charge on any atom is -0.489 e. The molecule has 0 aromatic heterocycles. The van der Waals surface area contributed by atoms with Crippen LogP contribution in [-0.4, -0.2) is 8.42 Å². The van der Waals surface area contributed by atoms with Crippen LogP contribution >= 0.6 is 22.3 Å². The van der Waals surface area contributed by atoms with Crippen LogP contribution in [0.5, 0.6) is 5.75 Å². The Morgan fingerprint density at radius 1 is 1.05 bits per heavy atom. The zero-order valence-corrected chi connectivity index (χ0v) is 12.0. The maximum absolute atomic E-state index is 11.2. The van der Waals surface area contributed by atoms with Crippen molar-refractivity contribution in [2.45, 2.75) is 11.5 Å². The van der Waals surface area contributed by atoms with Gasteiger partial charge in [-0.3, -0.25) is 0 Å². The Morgan fingerprint density at radius 2 is 1.74 bits per heavy atom. The van der Waals surface area contributed by atoms with Gasteiger partial charge in [-0.25, -0.2) is 8.42 Å². The van der Waals surface area contributed by atoms with Crippen LogP contribution in [0.1, 0.15) is 5.56 Å². The van der Waals surface area contributed by atoms with Crippen LogP contribution in [0.4, 0.5) is 0 Å². The van der Waals surface area contributed by atoms with Gasteiger partial charge in [0.25, 0.3) is 9.05 Å². The number of halogens is 2. The molecule has 0 aliphatic carbocycles. The molecule has 0 spiro atoms. The standard InChI is InChI=1S/C13H10Cl2O3S/c14-11-6-4-10(5-7-11)9-18-12-2-1-3-13(8-12)19(15,16)17/h1-8H,9H2. The van der Waals surface area contributed by atoms with Crippen LogP contribution in [0.3, 0.4) is 0 Å². The van der Waals surface area contributed by atoms with E-state index < -0.39 is 9.05 Å². The second-order valence-corrected chi connectivity index (χ2v) is 6.83. The Balaban J connectivity index is 2.10. The van der Waals surface area contributed by atoms with Crippen molar-refractivity contribution in [2.75, 3.05) is 0 Å². The van der Waals surface area contributed by atoms with Crippen molar-refractivity contribution in [3.63, 3.8) is 0 Å². The third-order valence-electron chi connectivity index (χ3n) is 2.41. The number of ether oxygens (including phenoxy) is 1. The van der Waals surface area contributed by atoms with Crippen molar-refractivity contribution < 1.29 is 13.2 Å². The van der Waals surface area contributed by atoms with Crippen molar-refractivity contribution in [1.29, 1.82) is 0 Å². The first-order valence-corrected chi connectivity index (χ1v) is 8.06. The lowest BCUT2D eigenvalue weighted by Crippen LogP contribution is -1.97. The van der Waals surface area contributed by atoms with Gasteiger partial charge in [-0.15, -0.1) is 0 Å². The number of hydrogen-bond acceptors (Lipinski definition) is 3. The Hall–Kier alpha value is -1.23. The molecule has 0 amide bonds. The Kier molecular flexibility index (Phi) is 4.34. The lowest BCUT2D eigenvalue weighted by molar-refractivity contribution is 0.305. The molecule has 2 aromatic rings. The molecule has 0 N–H and O–H groups in total. The molecule has 3 nitrogen and oxygen atoms in total. The highest BCUT2D eigenvalue weighted by Gasteiger charge is 2.10. The molecule has 0 atom stereocenters. The molecule has 0 bridgehead atoms. The van der Waals surface area contributed by atoms with Crippen LogP contribution in [0.15, 0.2) is 53.4 Å². The molecule has 19 heavy (non-hydrogen) atoms. The molecule has 0 radical (unpaired) electrons. The fraction of sp³-hybridized carbons (Fsp3) is 0.0769. The average Bonchev–Trinajstić information content (AvgIpc) is 2.37. The first-order chi connectivity index (χ1) is 8.95. The van der Waals surface area contributed by atoms with E-state index in [2.05, 4.69) is 0 Å². The summed E-state index contributed by atoms with van der Waals surface area (Å²) in [5.41, 5.74) is 0.934. The van der Waals surface area contributed by atoms with Gasteiger partial charge in [0.2, 0.25) is 0 Å². The summed E-state index contributed by atoms with van der Waals surface area (Å²) in [5, 5.41) is 0.652. The van der Waals surface area contributed by atoms with E-state index in [-0.39, 0.29) is 4.90 Å². The summed E-state index contributed by atoms with van der Waals surface area (Å²) >= 11 is 5.78. The molecule has 0 heterocycles. The molecular weight excluding hydrogens is 307 g/mol. The third-order valence-corrected chi connectivity index (χ3v) is 4.01. The predicted molar refractivity (Wildman–Crippen MR) is 75.3 cm³/mol. The lowest BCUT2D eigenvalue weighted by atomic mass is 10.2. The van der Waals surface area contributed by atoms with Crippen LogP contribution in [0.2, 0.25) is 5.02 Å². The maximum atomic E-state index is 11.2. The highest BCUT2D eigenvalue weighted by Crippen LogP contribution is 2.21. The Morgan fingerprint density at radius 3 is 2.37 bits per heavy atom. The largest absolute Gasteiger partial charge is 0.489 e. The van der Waals surface area contributed by atoms with Crippen molar-refractivity contribution in [2.24, 2.45) is 0 Å². The molecule has 0 aliphatic rings. The van der Waals surface area contributed by atoms with Gasteiger partial charge in [-0.1, -0.05) is 29.8 Å². The zero-order chi connectivity index (χ0) is 13.9. The van der Waals surface area contributed by atoms with Gasteiger partial charge in [-0.05, 0) is 29.8 Å². The van der Waals surface area contributed by atoms with Crippen molar-refractivity contribution >= 4 is 31.3 Å². The normalized spacial score (nSPS) is 11.3. The van der Waals surface area contributed by atoms with Crippen LogP contribution in [0.25, 0.3) is 0 Å². The van der Waals surface area contributed by atoms with Gasteiger partial charge < -0.3 is 4.74 Å². The molecule has 0 saturated carbocycles. The smallest absolute Gasteiger partial charge is 0.261 e. The highest BCUT2D eigenvalue weighted by molar-refractivity contribution is 8.13.